The van der Waals surface area contributed by atoms with E-state index in [1.54, 1.807) is 0 Å². The van der Waals surface area contributed by atoms with Gasteiger partial charge in [-0.1, -0.05) is 6.07 Å². The summed E-state index contributed by atoms with van der Waals surface area (Å²) in [6.07, 6.45) is 0. The van der Waals surface area contributed by atoms with Crippen LogP contribution < -0.4 is 14.4 Å². The first kappa shape index (κ1) is 16.2. The van der Waals surface area contributed by atoms with Gasteiger partial charge in [0.05, 0.1) is 0 Å². The SMILES string of the molecule is CCN(Cc1ccc2c(c1)OCO2)C(=O)c1ccc(N(C)C)cc1. The lowest BCUT2D eigenvalue weighted by molar-refractivity contribution is 0.0752. The van der Waals surface area contributed by atoms with Crippen LogP contribution in [-0.2, 0) is 6.54 Å². The lowest BCUT2D eigenvalue weighted by Crippen LogP contribution is -2.30. The molecule has 1 heterocycles. The number of anilines is 1. The molecule has 0 bridgehead atoms. The van der Waals surface area contributed by atoms with Gasteiger partial charge in [0.1, 0.15) is 0 Å². The molecule has 0 unspecified atom stereocenters. The number of carbonyl (C=O) groups excluding carboxylic acids is 1. The van der Waals surface area contributed by atoms with E-state index in [0.29, 0.717) is 18.7 Å². The summed E-state index contributed by atoms with van der Waals surface area (Å²) in [5.74, 6) is 1.53. The Balaban J connectivity index is 1.74. The largest absolute Gasteiger partial charge is 0.454 e. The molecule has 2 aromatic rings. The van der Waals surface area contributed by atoms with E-state index in [1.807, 2.05) is 73.3 Å². The average molecular weight is 326 g/mol. The Morgan fingerprint density at radius 1 is 1.04 bits per heavy atom. The molecule has 0 saturated carbocycles. The van der Waals surface area contributed by atoms with E-state index in [0.717, 1.165) is 22.7 Å². The Bertz CT molecular complexity index is 726. The molecular weight excluding hydrogens is 304 g/mol. The number of fused-ring (bicyclic) bond motifs is 1. The summed E-state index contributed by atoms with van der Waals surface area (Å²) >= 11 is 0. The van der Waals surface area contributed by atoms with Gasteiger partial charge in [-0.2, -0.15) is 0 Å². The van der Waals surface area contributed by atoms with Crippen molar-refractivity contribution in [3.63, 3.8) is 0 Å². The van der Waals surface area contributed by atoms with Gasteiger partial charge in [-0.05, 0) is 48.9 Å². The Morgan fingerprint density at radius 2 is 1.75 bits per heavy atom. The minimum Gasteiger partial charge on any atom is -0.454 e. The van der Waals surface area contributed by atoms with E-state index in [-0.39, 0.29) is 12.7 Å². The van der Waals surface area contributed by atoms with E-state index >= 15 is 0 Å². The number of benzene rings is 2. The minimum absolute atomic E-state index is 0.0282. The van der Waals surface area contributed by atoms with E-state index in [9.17, 15) is 4.79 Å². The second-order valence-electron chi connectivity index (χ2n) is 5.95. The number of amides is 1. The predicted molar refractivity (Wildman–Crippen MR) is 93.7 cm³/mol. The van der Waals surface area contributed by atoms with Crippen LogP contribution in [0.5, 0.6) is 11.5 Å². The van der Waals surface area contributed by atoms with Crippen molar-refractivity contribution in [1.82, 2.24) is 4.90 Å². The smallest absolute Gasteiger partial charge is 0.254 e. The number of ether oxygens (including phenoxy) is 2. The highest BCUT2D eigenvalue weighted by molar-refractivity contribution is 5.94. The molecule has 0 fully saturated rings. The summed E-state index contributed by atoms with van der Waals surface area (Å²) in [5, 5.41) is 0. The molecule has 0 N–H and O–H groups in total. The summed E-state index contributed by atoms with van der Waals surface area (Å²) in [5.41, 5.74) is 2.80. The van der Waals surface area contributed by atoms with Crippen molar-refractivity contribution < 1.29 is 14.3 Å². The van der Waals surface area contributed by atoms with Crippen molar-refractivity contribution in [1.29, 1.82) is 0 Å². The van der Waals surface area contributed by atoms with E-state index < -0.39 is 0 Å². The fourth-order valence-corrected chi connectivity index (χ4v) is 2.67. The first-order valence-electron chi connectivity index (χ1n) is 8.03. The zero-order valence-corrected chi connectivity index (χ0v) is 14.3. The van der Waals surface area contributed by atoms with Crippen molar-refractivity contribution in [2.24, 2.45) is 0 Å². The standard InChI is InChI=1S/C19H22N2O3/c1-4-21(12-14-5-10-17-18(11-14)24-13-23-17)19(22)15-6-8-16(9-7-15)20(2)3/h5-11H,4,12-13H2,1-3H3. The third kappa shape index (κ3) is 3.30. The highest BCUT2D eigenvalue weighted by atomic mass is 16.7. The maximum atomic E-state index is 12.8. The molecule has 1 amide bonds. The number of hydrogen-bond donors (Lipinski definition) is 0. The van der Waals surface area contributed by atoms with E-state index in [4.69, 9.17) is 9.47 Å². The van der Waals surface area contributed by atoms with Gasteiger partial charge in [-0.3, -0.25) is 4.79 Å². The van der Waals surface area contributed by atoms with Crippen molar-refractivity contribution in [3.05, 3.63) is 53.6 Å². The molecule has 0 aromatic heterocycles. The molecule has 1 aliphatic heterocycles. The van der Waals surface area contributed by atoms with Gasteiger partial charge in [0.25, 0.3) is 5.91 Å². The van der Waals surface area contributed by atoms with Crippen LogP contribution >= 0.6 is 0 Å². The molecule has 5 heteroatoms. The van der Waals surface area contributed by atoms with Crippen molar-refractivity contribution in [2.75, 3.05) is 32.3 Å². The topological polar surface area (TPSA) is 42.0 Å². The Labute approximate surface area is 142 Å². The summed E-state index contributed by atoms with van der Waals surface area (Å²) in [6.45, 7) is 3.43. The van der Waals surface area contributed by atoms with Crippen LogP contribution in [0.15, 0.2) is 42.5 Å². The summed E-state index contributed by atoms with van der Waals surface area (Å²) in [6, 6.07) is 13.5. The molecule has 2 aromatic carbocycles. The van der Waals surface area contributed by atoms with Crippen LogP contribution in [0.4, 0.5) is 5.69 Å². The number of rotatable bonds is 5. The molecule has 0 spiro atoms. The van der Waals surface area contributed by atoms with Gasteiger partial charge in [0.2, 0.25) is 6.79 Å². The van der Waals surface area contributed by atoms with Crippen LogP contribution in [0, 0.1) is 0 Å². The van der Waals surface area contributed by atoms with Crippen molar-refractivity contribution >= 4 is 11.6 Å². The highest BCUT2D eigenvalue weighted by Crippen LogP contribution is 2.32. The lowest BCUT2D eigenvalue weighted by atomic mass is 10.1. The summed E-state index contributed by atoms with van der Waals surface area (Å²) in [7, 11) is 3.96. The maximum absolute atomic E-state index is 12.8. The third-order valence-electron chi connectivity index (χ3n) is 4.11. The van der Waals surface area contributed by atoms with E-state index in [2.05, 4.69) is 0 Å². The normalized spacial score (nSPS) is 12.1. The van der Waals surface area contributed by atoms with Gasteiger partial charge >= 0.3 is 0 Å². The van der Waals surface area contributed by atoms with Crippen LogP contribution in [-0.4, -0.2) is 38.2 Å². The van der Waals surface area contributed by atoms with Crippen LogP contribution in [0.2, 0.25) is 0 Å². The molecule has 0 aliphatic carbocycles. The molecule has 1 aliphatic rings. The minimum atomic E-state index is 0.0282. The maximum Gasteiger partial charge on any atom is 0.254 e. The zero-order chi connectivity index (χ0) is 17.1. The van der Waals surface area contributed by atoms with Crippen LogP contribution in [0.25, 0.3) is 0 Å². The predicted octanol–water partition coefficient (Wildman–Crippen LogP) is 3.14. The summed E-state index contributed by atoms with van der Waals surface area (Å²) < 4.78 is 10.7. The molecule has 3 rings (SSSR count). The van der Waals surface area contributed by atoms with Gasteiger partial charge in [0, 0.05) is 38.4 Å². The second kappa shape index (κ2) is 6.83. The fourth-order valence-electron chi connectivity index (χ4n) is 2.67. The van der Waals surface area contributed by atoms with Crippen molar-refractivity contribution in [2.45, 2.75) is 13.5 Å². The number of nitrogens with zero attached hydrogens (tertiary/aromatic N) is 2. The monoisotopic (exact) mass is 326 g/mol. The molecular formula is C19H22N2O3. The fraction of sp³-hybridized carbons (Fsp3) is 0.316. The lowest BCUT2D eigenvalue weighted by Gasteiger charge is -2.22. The zero-order valence-electron chi connectivity index (χ0n) is 14.3. The van der Waals surface area contributed by atoms with Crippen LogP contribution in [0.3, 0.4) is 0 Å². The van der Waals surface area contributed by atoms with Crippen LogP contribution in [0.1, 0.15) is 22.8 Å². The molecule has 5 nitrogen and oxygen atoms in total. The summed E-state index contributed by atoms with van der Waals surface area (Å²) in [4.78, 5) is 16.6. The quantitative estimate of drug-likeness (QED) is 0.846. The first-order chi connectivity index (χ1) is 11.6. The number of hydrogen-bond acceptors (Lipinski definition) is 4. The molecule has 0 radical (unpaired) electrons. The molecule has 24 heavy (non-hydrogen) atoms. The second-order valence-corrected chi connectivity index (χ2v) is 5.95. The molecule has 0 atom stereocenters. The van der Waals surface area contributed by atoms with Gasteiger partial charge in [0.15, 0.2) is 11.5 Å². The first-order valence-corrected chi connectivity index (χ1v) is 8.03. The van der Waals surface area contributed by atoms with Gasteiger partial charge in [-0.25, -0.2) is 0 Å². The Hall–Kier alpha value is -2.69. The van der Waals surface area contributed by atoms with E-state index in [1.165, 1.54) is 0 Å². The number of carbonyl (C=O) groups is 1. The average Bonchev–Trinajstić information content (AvgIpc) is 3.07. The highest BCUT2D eigenvalue weighted by Gasteiger charge is 2.17. The molecule has 126 valence electrons. The Kier molecular flexibility index (Phi) is 4.60. The van der Waals surface area contributed by atoms with Crippen molar-refractivity contribution in [3.8, 4) is 11.5 Å². The molecule has 0 saturated heterocycles. The third-order valence-corrected chi connectivity index (χ3v) is 4.11. The van der Waals surface area contributed by atoms with Gasteiger partial charge in [-0.15, -0.1) is 0 Å². The van der Waals surface area contributed by atoms with Gasteiger partial charge < -0.3 is 19.3 Å². The Morgan fingerprint density at radius 3 is 2.42 bits per heavy atom.